The molecule has 118 valence electrons. The van der Waals surface area contributed by atoms with E-state index in [2.05, 4.69) is 4.72 Å². The van der Waals surface area contributed by atoms with Crippen LogP contribution in [-0.4, -0.2) is 43.6 Å². The van der Waals surface area contributed by atoms with Crippen molar-refractivity contribution < 1.29 is 13.5 Å². The van der Waals surface area contributed by atoms with E-state index in [1.807, 2.05) is 13.8 Å². The van der Waals surface area contributed by atoms with Crippen LogP contribution in [-0.2, 0) is 10.2 Å². The SMILES string of the molecule is CCCN(CCC)S(=O)(=O)NC1CC2(CC(CO)C2)C1. The van der Waals surface area contributed by atoms with Gasteiger partial charge in [0.05, 0.1) is 0 Å². The lowest BCUT2D eigenvalue weighted by molar-refractivity contribution is -0.0618. The van der Waals surface area contributed by atoms with E-state index in [1.165, 1.54) is 0 Å². The number of hydrogen-bond acceptors (Lipinski definition) is 3. The molecule has 6 heteroatoms. The Morgan fingerprint density at radius 2 is 1.70 bits per heavy atom. The molecule has 0 unspecified atom stereocenters. The van der Waals surface area contributed by atoms with Crippen molar-refractivity contribution in [1.29, 1.82) is 0 Å². The minimum absolute atomic E-state index is 0.0934. The van der Waals surface area contributed by atoms with Crippen molar-refractivity contribution in [3.63, 3.8) is 0 Å². The molecule has 0 atom stereocenters. The molecule has 0 heterocycles. The van der Waals surface area contributed by atoms with Crippen molar-refractivity contribution in [1.82, 2.24) is 9.03 Å². The number of aliphatic hydroxyl groups is 1. The molecule has 2 saturated carbocycles. The highest BCUT2D eigenvalue weighted by Gasteiger charge is 2.53. The first-order valence-electron chi connectivity index (χ1n) is 7.83. The third-order valence-electron chi connectivity index (χ3n) is 4.66. The third kappa shape index (κ3) is 3.35. The Morgan fingerprint density at radius 1 is 1.15 bits per heavy atom. The number of hydrogen-bond donors (Lipinski definition) is 2. The van der Waals surface area contributed by atoms with Crippen LogP contribution in [0, 0.1) is 11.3 Å². The van der Waals surface area contributed by atoms with Crippen LogP contribution >= 0.6 is 0 Å². The van der Waals surface area contributed by atoms with E-state index < -0.39 is 10.2 Å². The van der Waals surface area contributed by atoms with E-state index in [-0.39, 0.29) is 12.6 Å². The summed E-state index contributed by atoms with van der Waals surface area (Å²) in [6.07, 6.45) is 5.69. The van der Waals surface area contributed by atoms with E-state index in [1.54, 1.807) is 4.31 Å². The molecule has 0 bridgehead atoms. The first-order valence-corrected chi connectivity index (χ1v) is 9.27. The topological polar surface area (TPSA) is 69.6 Å². The Bertz CT molecular complexity index is 404. The van der Waals surface area contributed by atoms with Gasteiger partial charge in [0, 0.05) is 25.7 Å². The molecule has 2 rings (SSSR count). The lowest BCUT2D eigenvalue weighted by Gasteiger charge is -2.57. The molecule has 2 N–H and O–H groups in total. The van der Waals surface area contributed by atoms with Crippen LogP contribution in [0.5, 0.6) is 0 Å². The average molecular weight is 304 g/mol. The minimum atomic E-state index is -3.33. The third-order valence-corrected chi connectivity index (χ3v) is 6.34. The molecule has 5 nitrogen and oxygen atoms in total. The largest absolute Gasteiger partial charge is 0.396 e. The summed E-state index contributed by atoms with van der Waals surface area (Å²) in [4.78, 5) is 0. The first kappa shape index (κ1) is 16.2. The second-order valence-electron chi connectivity index (χ2n) is 6.58. The van der Waals surface area contributed by atoms with E-state index >= 15 is 0 Å². The van der Waals surface area contributed by atoms with Gasteiger partial charge < -0.3 is 5.11 Å². The zero-order chi connectivity index (χ0) is 14.8. The molecule has 2 fully saturated rings. The summed E-state index contributed by atoms with van der Waals surface area (Å²) in [7, 11) is -3.33. The predicted octanol–water partition coefficient (Wildman–Crippen LogP) is 1.49. The molecule has 2 aliphatic rings. The Hall–Kier alpha value is -0.170. The Kier molecular flexibility index (Phi) is 5.10. The van der Waals surface area contributed by atoms with Crippen molar-refractivity contribution in [2.45, 2.75) is 58.4 Å². The summed E-state index contributed by atoms with van der Waals surface area (Å²) in [6, 6.07) is 0.0934. The van der Waals surface area contributed by atoms with Gasteiger partial charge in [-0.2, -0.15) is 17.4 Å². The average Bonchev–Trinajstić information content (AvgIpc) is 2.30. The van der Waals surface area contributed by atoms with Crippen LogP contribution in [0.4, 0.5) is 0 Å². The predicted molar refractivity (Wildman–Crippen MR) is 79.5 cm³/mol. The molecule has 0 saturated heterocycles. The monoisotopic (exact) mass is 304 g/mol. The van der Waals surface area contributed by atoms with Crippen LogP contribution < -0.4 is 4.72 Å². The van der Waals surface area contributed by atoms with Crippen molar-refractivity contribution in [2.24, 2.45) is 11.3 Å². The van der Waals surface area contributed by atoms with Gasteiger partial charge >= 0.3 is 0 Å². The lowest BCUT2D eigenvalue weighted by atomic mass is 9.50. The number of rotatable bonds is 8. The van der Waals surface area contributed by atoms with Gasteiger partial charge in [0.2, 0.25) is 0 Å². The Morgan fingerprint density at radius 3 is 2.15 bits per heavy atom. The van der Waals surface area contributed by atoms with Crippen molar-refractivity contribution in [2.75, 3.05) is 19.7 Å². The van der Waals surface area contributed by atoms with Gasteiger partial charge in [0.1, 0.15) is 0 Å². The fraction of sp³-hybridized carbons (Fsp3) is 1.00. The summed E-state index contributed by atoms with van der Waals surface area (Å²) in [5, 5.41) is 9.06. The van der Waals surface area contributed by atoms with E-state index in [0.29, 0.717) is 24.4 Å². The zero-order valence-electron chi connectivity index (χ0n) is 12.6. The van der Waals surface area contributed by atoms with Gasteiger partial charge in [-0.1, -0.05) is 13.8 Å². The van der Waals surface area contributed by atoms with E-state index in [9.17, 15) is 8.42 Å². The lowest BCUT2D eigenvalue weighted by Crippen LogP contribution is -2.58. The van der Waals surface area contributed by atoms with E-state index in [4.69, 9.17) is 5.11 Å². The molecule has 1 spiro atoms. The maximum atomic E-state index is 12.3. The highest BCUT2D eigenvalue weighted by molar-refractivity contribution is 7.87. The van der Waals surface area contributed by atoms with Crippen LogP contribution in [0.1, 0.15) is 52.4 Å². The van der Waals surface area contributed by atoms with Gasteiger partial charge in [-0.05, 0) is 49.9 Å². The zero-order valence-corrected chi connectivity index (χ0v) is 13.5. The van der Waals surface area contributed by atoms with Gasteiger partial charge in [0.25, 0.3) is 10.2 Å². The van der Waals surface area contributed by atoms with Crippen LogP contribution in [0.15, 0.2) is 0 Å². The number of aliphatic hydroxyl groups excluding tert-OH is 1. The van der Waals surface area contributed by atoms with Gasteiger partial charge in [-0.15, -0.1) is 0 Å². The van der Waals surface area contributed by atoms with Crippen LogP contribution in [0.2, 0.25) is 0 Å². The fourth-order valence-electron chi connectivity index (χ4n) is 3.83. The van der Waals surface area contributed by atoms with E-state index in [0.717, 1.165) is 38.5 Å². The molecule has 0 radical (unpaired) electrons. The van der Waals surface area contributed by atoms with Crippen LogP contribution in [0.25, 0.3) is 0 Å². The maximum Gasteiger partial charge on any atom is 0.279 e. The van der Waals surface area contributed by atoms with Crippen LogP contribution in [0.3, 0.4) is 0 Å². The normalized spacial score (nSPS) is 33.2. The molecule has 0 amide bonds. The van der Waals surface area contributed by atoms with Crippen molar-refractivity contribution in [3.05, 3.63) is 0 Å². The van der Waals surface area contributed by atoms with Crippen molar-refractivity contribution in [3.8, 4) is 0 Å². The molecule has 0 aliphatic heterocycles. The fourth-order valence-corrected chi connectivity index (χ4v) is 5.42. The first-order chi connectivity index (χ1) is 9.44. The Balaban J connectivity index is 1.81. The quantitative estimate of drug-likeness (QED) is 0.714. The highest BCUT2D eigenvalue weighted by atomic mass is 32.2. The standard InChI is InChI=1S/C14H28N2O3S/c1-3-5-16(6-4-2)20(18,19)15-13-9-14(10-13)7-12(8-14)11-17/h12-13,15,17H,3-11H2,1-2H3. The Labute approximate surface area is 122 Å². The molecular weight excluding hydrogens is 276 g/mol. The second kappa shape index (κ2) is 6.30. The van der Waals surface area contributed by atoms with Crippen molar-refractivity contribution >= 4 is 10.2 Å². The van der Waals surface area contributed by atoms with Gasteiger partial charge in [-0.25, -0.2) is 0 Å². The molecule has 20 heavy (non-hydrogen) atoms. The minimum Gasteiger partial charge on any atom is -0.396 e. The number of nitrogens with zero attached hydrogens (tertiary/aromatic N) is 1. The summed E-state index contributed by atoms with van der Waals surface area (Å²) in [5.74, 6) is 0.448. The maximum absolute atomic E-state index is 12.3. The molecular formula is C14H28N2O3S. The highest BCUT2D eigenvalue weighted by Crippen LogP contribution is 2.58. The smallest absolute Gasteiger partial charge is 0.279 e. The van der Waals surface area contributed by atoms with Gasteiger partial charge in [0.15, 0.2) is 0 Å². The molecule has 0 aromatic rings. The summed E-state index contributed by atoms with van der Waals surface area (Å²) in [6.45, 7) is 5.46. The van der Waals surface area contributed by atoms with Gasteiger partial charge in [-0.3, -0.25) is 0 Å². The summed E-state index contributed by atoms with van der Waals surface area (Å²) < 4.78 is 29.1. The molecule has 0 aromatic carbocycles. The second-order valence-corrected chi connectivity index (χ2v) is 8.29. The molecule has 2 aliphatic carbocycles. The molecule has 0 aromatic heterocycles. The summed E-state index contributed by atoms with van der Waals surface area (Å²) >= 11 is 0. The number of nitrogens with one attached hydrogen (secondary N) is 1. The summed E-state index contributed by atoms with van der Waals surface area (Å²) in [5.41, 5.74) is 0.334.